The molecule has 1 aromatic heterocycles. The minimum Gasteiger partial charge on any atom is -0.463 e. The summed E-state index contributed by atoms with van der Waals surface area (Å²) in [6, 6.07) is -0.496. The molecule has 1 aromatic rings. The molecule has 0 amide bonds. The van der Waals surface area contributed by atoms with Gasteiger partial charge in [0.05, 0.1) is 29.5 Å². The first-order chi connectivity index (χ1) is 10.6. The van der Waals surface area contributed by atoms with Crippen molar-refractivity contribution < 1.29 is 14.3 Å². The molecular weight excluding hydrogens is 284 g/mol. The largest absolute Gasteiger partial charge is 0.463 e. The Hall–Kier alpha value is -2.44. The second-order valence-electron chi connectivity index (χ2n) is 5.03. The molecule has 7 heteroatoms. The zero-order chi connectivity index (χ0) is 16.3. The summed E-state index contributed by atoms with van der Waals surface area (Å²) in [5.41, 5.74) is 7.34. The van der Waals surface area contributed by atoms with E-state index in [1.54, 1.807) is 20.0 Å². The SMILES string of the molecule is CCOC(=O)C1=C(N)c2cncnc2N(CC)C1C(C)C=O. The van der Waals surface area contributed by atoms with Gasteiger partial charge in [-0.25, -0.2) is 14.8 Å². The highest BCUT2D eigenvalue weighted by molar-refractivity contribution is 6.02. The second-order valence-corrected chi connectivity index (χ2v) is 5.03. The first-order valence-corrected chi connectivity index (χ1v) is 7.25. The molecular formula is C15H20N4O3. The highest BCUT2D eigenvalue weighted by atomic mass is 16.5. The fourth-order valence-corrected chi connectivity index (χ4v) is 2.74. The molecule has 118 valence electrons. The second kappa shape index (κ2) is 6.55. The van der Waals surface area contributed by atoms with Crippen LogP contribution in [0.2, 0.25) is 0 Å². The van der Waals surface area contributed by atoms with E-state index < -0.39 is 17.9 Å². The van der Waals surface area contributed by atoms with Crippen molar-refractivity contribution in [1.29, 1.82) is 0 Å². The van der Waals surface area contributed by atoms with E-state index in [0.29, 0.717) is 23.5 Å². The van der Waals surface area contributed by atoms with E-state index in [1.807, 2.05) is 11.8 Å². The van der Waals surface area contributed by atoms with E-state index in [4.69, 9.17) is 10.5 Å². The fraction of sp³-hybridized carbons (Fsp3) is 0.467. The Morgan fingerprint density at radius 3 is 2.86 bits per heavy atom. The lowest BCUT2D eigenvalue weighted by molar-refractivity contribution is -0.138. The molecule has 0 bridgehead atoms. The van der Waals surface area contributed by atoms with Crippen LogP contribution < -0.4 is 10.6 Å². The minimum atomic E-state index is -0.508. The van der Waals surface area contributed by atoms with E-state index in [-0.39, 0.29) is 12.3 Å². The van der Waals surface area contributed by atoms with Crippen LogP contribution in [0.1, 0.15) is 26.3 Å². The summed E-state index contributed by atoms with van der Waals surface area (Å²) in [5, 5.41) is 0. The van der Waals surface area contributed by atoms with Gasteiger partial charge in [0, 0.05) is 18.7 Å². The average molecular weight is 304 g/mol. The quantitative estimate of drug-likeness (QED) is 0.633. The number of nitrogens with zero attached hydrogens (tertiary/aromatic N) is 3. The van der Waals surface area contributed by atoms with Crippen LogP contribution in [0, 0.1) is 5.92 Å². The Labute approximate surface area is 129 Å². The molecule has 0 saturated heterocycles. The zero-order valence-electron chi connectivity index (χ0n) is 12.9. The van der Waals surface area contributed by atoms with Gasteiger partial charge in [0.25, 0.3) is 0 Å². The summed E-state index contributed by atoms with van der Waals surface area (Å²) in [6.45, 7) is 6.22. The van der Waals surface area contributed by atoms with Gasteiger partial charge in [0.1, 0.15) is 18.4 Å². The molecule has 0 saturated carbocycles. The fourth-order valence-electron chi connectivity index (χ4n) is 2.74. The van der Waals surface area contributed by atoms with Crippen LogP contribution in [-0.2, 0) is 14.3 Å². The average Bonchev–Trinajstić information content (AvgIpc) is 2.54. The molecule has 0 fully saturated rings. The van der Waals surface area contributed by atoms with Gasteiger partial charge in [-0.15, -0.1) is 0 Å². The number of esters is 1. The number of fused-ring (bicyclic) bond motifs is 1. The van der Waals surface area contributed by atoms with Crippen LogP contribution in [0.3, 0.4) is 0 Å². The lowest BCUT2D eigenvalue weighted by Gasteiger charge is -2.39. The predicted octanol–water partition coefficient (Wildman–Crippen LogP) is 0.753. The Kier molecular flexibility index (Phi) is 4.75. The molecule has 7 nitrogen and oxygen atoms in total. The van der Waals surface area contributed by atoms with Crippen LogP contribution in [0.25, 0.3) is 5.70 Å². The van der Waals surface area contributed by atoms with Crippen molar-refractivity contribution in [1.82, 2.24) is 9.97 Å². The lowest BCUT2D eigenvalue weighted by atomic mass is 9.87. The smallest absolute Gasteiger partial charge is 0.338 e. The molecule has 2 N–H and O–H groups in total. The minimum absolute atomic E-state index is 0.238. The van der Waals surface area contributed by atoms with Gasteiger partial charge in [0.15, 0.2) is 0 Å². The number of hydrogen-bond donors (Lipinski definition) is 1. The number of anilines is 1. The number of hydrogen-bond acceptors (Lipinski definition) is 7. The molecule has 0 aliphatic carbocycles. The van der Waals surface area contributed by atoms with Crippen molar-refractivity contribution in [2.75, 3.05) is 18.1 Å². The van der Waals surface area contributed by atoms with Crippen molar-refractivity contribution in [2.24, 2.45) is 11.7 Å². The molecule has 0 aromatic carbocycles. The predicted molar refractivity (Wildman–Crippen MR) is 81.8 cm³/mol. The zero-order valence-corrected chi connectivity index (χ0v) is 12.9. The Balaban J connectivity index is 2.67. The maximum absolute atomic E-state index is 12.4. The number of ether oxygens (including phenoxy) is 1. The number of aldehydes is 1. The normalized spacial score (nSPS) is 18.7. The van der Waals surface area contributed by atoms with Gasteiger partial charge in [-0.3, -0.25) is 0 Å². The van der Waals surface area contributed by atoms with Crippen molar-refractivity contribution in [3.63, 3.8) is 0 Å². The molecule has 2 atom stereocenters. The Morgan fingerprint density at radius 1 is 1.55 bits per heavy atom. The van der Waals surface area contributed by atoms with Crippen LogP contribution in [0.4, 0.5) is 5.82 Å². The number of carbonyl (C=O) groups excluding carboxylic acids is 2. The molecule has 2 heterocycles. The van der Waals surface area contributed by atoms with Crippen molar-refractivity contribution in [3.05, 3.63) is 23.7 Å². The summed E-state index contributed by atoms with van der Waals surface area (Å²) in [6.07, 6.45) is 3.81. The molecule has 22 heavy (non-hydrogen) atoms. The third-order valence-electron chi connectivity index (χ3n) is 3.72. The molecule has 2 unspecified atom stereocenters. The molecule has 1 aliphatic heterocycles. The number of likely N-dealkylation sites (N-methyl/N-ethyl adjacent to an activating group) is 1. The van der Waals surface area contributed by atoms with E-state index >= 15 is 0 Å². The highest BCUT2D eigenvalue weighted by Crippen LogP contribution is 2.36. The molecule has 0 radical (unpaired) electrons. The van der Waals surface area contributed by atoms with Crippen LogP contribution in [0.5, 0.6) is 0 Å². The third kappa shape index (κ3) is 2.54. The summed E-state index contributed by atoms with van der Waals surface area (Å²) in [5.74, 6) is -0.311. The van der Waals surface area contributed by atoms with Gasteiger partial charge in [-0.2, -0.15) is 0 Å². The number of aromatic nitrogens is 2. The van der Waals surface area contributed by atoms with Gasteiger partial charge >= 0.3 is 5.97 Å². The number of carbonyl (C=O) groups is 2. The molecule has 2 rings (SSSR count). The van der Waals surface area contributed by atoms with Crippen molar-refractivity contribution >= 4 is 23.8 Å². The topological polar surface area (TPSA) is 98.4 Å². The van der Waals surface area contributed by atoms with Crippen molar-refractivity contribution in [2.45, 2.75) is 26.8 Å². The van der Waals surface area contributed by atoms with Gasteiger partial charge < -0.3 is 20.2 Å². The summed E-state index contributed by atoms with van der Waals surface area (Å²) in [7, 11) is 0. The van der Waals surface area contributed by atoms with E-state index in [9.17, 15) is 9.59 Å². The molecule has 0 spiro atoms. The van der Waals surface area contributed by atoms with E-state index in [0.717, 1.165) is 6.29 Å². The summed E-state index contributed by atoms with van der Waals surface area (Å²) in [4.78, 5) is 33.8. The monoisotopic (exact) mass is 304 g/mol. The van der Waals surface area contributed by atoms with Gasteiger partial charge in [0.2, 0.25) is 0 Å². The Bertz CT molecular complexity index is 615. The highest BCUT2D eigenvalue weighted by Gasteiger charge is 2.39. The first-order valence-electron chi connectivity index (χ1n) is 7.25. The summed E-state index contributed by atoms with van der Waals surface area (Å²) < 4.78 is 5.12. The van der Waals surface area contributed by atoms with Crippen LogP contribution in [0.15, 0.2) is 18.1 Å². The standard InChI is InChI=1S/C15H20N4O3/c1-4-19-13(9(3)7-20)11(15(21)22-5-2)12(16)10-6-17-8-18-14(10)19/h6-9,13H,4-5,16H2,1-3H3. The third-order valence-corrected chi connectivity index (χ3v) is 3.72. The maximum atomic E-state index is 12.4. The first kappa shape index (κ1) is 15.9. The number of nitrogens with two attached hydrogens (primary N) is 1. The lowest BCUT2D eigenvalue weighted by Crippen LogP contribution is -2.48. The number of rotatable bonds is 5. The van der Waals surface area contributed by atoms with E-state index in [2.05, 4.69) is 9.97 Å². The van der Waals surface area contributed by atoms with Gasteiger partial charge in [-0.1, -0.05) is 6.92 Å². The molecule has 1 aliphatic rings. The van der Waals surface area contributed by atoms with Gasteiger partial charge in [-0.05, 0) is 13.8 Å². The maximum Gasteiger partial charge on any atom is 0.338 e. The van der Waals surface area contributed by atoms with Crippen LogP contribution in [-0.4, -0.2) is 41.4 Å². The summed E-state index contributed by atoms with van der Waals surface area (Å²) >= 11 is 0. The van der Waals surface area contributed by atoms with Crippen molar-refractivity contribution in [3.8, 4) is 0 Å². The Morgan fingerprint density at radius 2 is 2.27 bits per heavy atom. The van der Waals surface area contributed by atoms with E-state index in [1.165, 1.54) is 6.33 Å². The van der Waals surface area contributed by atoms with Crippen LogP contribution >= 0.6 is 0 Å².